The fourth-order valence-electron chi connectivity index (χ4n) is 1.96. The highest BCUT2D eigenvalue weighted by molar-refractivity contribution is 5.79. The molecule has 0 aromatic heterocycles. The average molecular weight is 249 g/mol. The molecule has 0 radical (unpaired) electrons. The highest BCUT2D eigenvalue weighted by atomic mass is 16.5. The van der Waals surface area contributed by atoms with Crippen molar-refractivity contribution in [3.8, 4) is 0 Å². The van der Waals surface area contributed by atoms with Crippen LogP contribution in [0.1, 0.15) is 30.5 Å². The summed E-state index contributed by atoms with van der Waals surface area (Å²) < 4.78 is 4.76. The second-order valence-electron chi connectivity index (χ2n) is 5.22. The quantitative estimate of drug-likeness (QED) is 0.814. The first-order valence-corrected chi connectivity index (χ1v) is 6.26. The molecular weight excluding hydrogens is 226 g/mol. The molecule has 0 bridgehead atoms. The van der Waals surface area contributed by atoms with Crippen LogP contribution < -0.4 is 5.32 Å². The summed E-state index contributed by atoms with van der Waals surface area (Å²) in [7, 11) is 1.41. The number of ether oxygens (including phenoxy) is 1. The highest BCUT2D eigenvalue weighted by Crippen LogP contribution is 2.11. The van der Waals surface area contributed by atoms with E-state index < -0.39 is 5.54 Å². The van der Waals surface area contributed by atoms with Crippen LogP contribution in [0.3, 0.4) is 0 Å². The molecule has 0 spiro atoms. The highest BCUT2D eigenvalue weighted by Gasteiger charge is 2.27. The van der Waals surface area contributed by atoms with Crippen molar-refractivity contribution in [1.82, 2.24) is 5.32 Å². The molecule has 0 unspecified atom stereocenters. The predicted octanol–water partition coefficient (Wildman–Crippen LogP) is 2.39. The number of carbonyl (C=O) groups excluding carboxylic acids is 1. The van der Waals surface area contributed by atoms with Crippen molar-refractivity contribution >= 4 is 5.97 Å². The summed E-state index contributed by atoms with van der Waals surface area (Å²) in [6.45, 7) is 8.64. The molecule has 3 nitrogen and oxygen atoms in total. The Bertz CT molecular complexity index is 425. The van der Waals surface area contributed by atoms with Crippen LogP contribution in [0, 0.1) is 13.8 Å². The minimum Gasteiger partial charge on any atom is -0.468 e. The third-order valence-corrected chi connectivity index (χ3v) is 3.16. The summed E-state index contributed by atoms with van der Waals surface area (Å²) in [4.78, 5) is 11.5. The molecule has 0 atom stereocenters. The molecule has 0 aliphatic carbocycles. The molecule has 0 saturated carbocycles. The Morgan fingerprint density at radius 1 is 1.33 bits per heavy atom. The topological polar surface area (TPSA) is 38.3 Å². The summed E-state index contributed by atoms with van der Waals surface area (Å²) in [6, 6.07) is 6.45. The molecule has 0 aliphatic heterocycles. The first-order chi connectivity index (χ1) is 8.36. The molecule has 0 saturated heterocycles. The standard InChI is InChI=1S/C15H23NO2/c1-11-6-7-13(12(2)10-11)8-9-16-15(3,4)14(17)18-5/h6-7,10,16H,8-9H2,1-5H3. The summed E-state index contributed by atoms with van der Waals surface area (Å²) in [5.41, 5.74) is 3.26. The molecule has 1 aromatic rings. The van der Waals surface area contributed by atoms with Gasteiger partial charge in [-0.25, -0.2) is 0 Å². The number of aryl methyl sites for hydroxylation is 2. The van der Waals surface area contributed by atoms with Crippen molar-refractivity contribution in [3.63, 3.8) is 0 Å². The van der Waals surface area contributed by atoms with Crippen LogP contribution in [0.15, 0.2) is 18.2 Å². The number of carbonyl (C=O) groups is 1. The van der Waals surface area contributed by atoms with Gasteiger partial charge in [0.25, 0.3) is 0 Å². The summed E-state index contributed by atoms with van der Waals surface area (Å²) in [5, 5.41) is 3.23. The van der Waals surface area contributed by atoms with Gasteiger partial charge in [-0.05, 0) is 45.2 Å². The zero-order valence-electron chi connectivity index (χ0n) is 12.0. The van der Waals surface area contributed by atoms with E-state index in [4.69, 9.17) is 4.74 Å². The molecule has 0 fully saturated rings. The van der Waals surface area contributed by atoms with E-state index in [9.17, 15) is 4.79 Å². The Kier molecular flexibility index (Phi) is 4.91. The minimum absolute atomic E-state index is 0.233. The molecule has 100 valence electrons. The van der Waals surface area contributed by atoms with Crippen LogP contribution in [-0.4, -0.2) is 25.2 Å². The first-order valence-electron chi connectivity index (χ1n) is 6.26. The molecule has 0 aliphatic rings. The van der Waals surface area contributed by atoms with Gasteiger partial charge in [-0.15, -0.1) is 0 Å². The summed E-state index contributed by atoms with van der Waals surface area (Å²) in [6.07, 6.45) is 0.909. The van der Waals surface area contributed by atoms with Gasteiger partial charge in [-0.3, -0.25) is 4.79 Å². The predicted molar refractivity (Wildman–Crippen MR) is 73.7 cm³/mol. The van der Waals surface area contributed by atoms with Gasteiger partial charge in [-0.1, -0.05) is 23.8 Å². The Labute approximate surface area is 110 Å². The van der Waals surface area contributed by atoms with Gasteiger partial charge >= 0.3 is 5.97 Å². The van der Waals surface area contributed by atoms with Crippen molar-refractivity contribution in [2.45, 2.75) is 39.7 Å². The lowest BCUT2D eigenvalue weighted by atomic mass is 10.0. The monoisotopic (exact) mass is 249 g/mol. The molecule has 0 amide bonds. The van der Waals surface area contributed by atoms with E-state index in [2.05, 4.69) is 37.4 Å². The molecule has 3 heteroatoms. The van der Waals surface area contributed by atoms with E-state index in [1.54, 1.807) is 0 Å². The van der Waals surface area contributed by atoms with Gasteiger partial charge in [0, 0.05) is 6.54 Å². The maximum Gasteiger partial charge on any atom is 0.325 e. The van der Waals surface area contributed by atoms with Gasteiger partial charge in [-0.2, -0.15) is 0 Å². The average Bonchev–Trinajstić information content (AvgIpc) is 2.30. The number of esters is 1. The fraction of sp³-hybridized carbons (Fsp3) is 0.533. The van der Waals surface area contributed by atoms with Crippen molar-refractivity contribution in [3.05, 3.63) is 34.9 Å². The molecule has 1 aromatic carbocycles. The lowest BCUT2D eigenvalue weighted by Crippen LogP contribution is -2.48. The van der Waals surface area contributed by atoms with Crippen molar-refractivity contribution in [2.24, 2.45) is 0 Å². The van der Waals surface area contributed by atoms with E-state index in [1.165, 1.54) is 23.8 Å². The molecule has 1 N–H and O–H groups in total. The Morgan fingerprint density at radius 3 is 2.56 bits per heavy atom. The van der Waals surface area contributed by atoms with Crippen LogP contribution in [0.25, 0.3) is 0 Å². The van der Waals surface area contributed by atoms with E-state index in [1.807, 2.05) is 13.8 Å². The lowest BCUT2D eigenvalue weighted by Gasteiger charge is -2.23. The zero-order chi connectivity index (χ0) is 13.8. The van der Waals surface area contributed by atoms with Crippen molar-refractivity contribution in [1.29, 1.82) is 0 Å². The molecular formula is C15H23NO2. The number of benzene rings is 1. The summed E-state index contributed by atoms with van der Waals surface area (Å²) >= 11 is 0. The van der Waals surface area contributed by atoms with Crippen LogP contribution in [-0.2, 0) is 16.0 Å². The van der Waals surface area contributed by atoms with Gasteiger partial charge in [0.2, 0.25) is 0 Å². The van der Waals surface area contributed by atoms with Crippen molar-refractivity contribution in [2.75, 3.05) is 13.7 Å². The van der Waals surface area contributed by atoms with Gasteiger partial charge in [0.1, 0.15) is 5.54 Å². The normalized spacial score (nSPS) is 11.4. The summed E-state index contributed by atoms with van der Waals surface area (Å²) in [5.74, 6) is -0.233. The van der Waals surface area contributed by atoms with E-state index in [0.717, 1.165) is 13.0 Å². The third-order valence-electron chi connectivity index (χ3n) is 3.16. The number of rotatable bonds is 5. The fourth-order valence-corrected chi connectivity index (χ4v) is 1.96. The molecule has 18 heavy (non-hydrogen) atoms. The zero-order valence-corrected chi connectivity index (χ0v) is 12.0. The lowest BCUT2D eigenvalue weighted by molar-refractivity contribution is -0.147. The van der Waals surface area contributed by atoms with E-state index in [-0.39, 0.29) is 5.97 Å². The Morgan fingerprint density at radius 2 is 2.00 bits per heavy atom. The first kappa shape index (κ1) is 14.7. The minimum atomic E-state index is -0.632. The van der Waals surface area contributed by atoms with E-state index in [0.29, 0.717) is 0 Å². The third kappa shape index (κ3) is 3.84. The number of nitrogens with one attached hydrogen (secondary N) is 1. The van der Waals surface area contributed by atoms with Crippen LogP contribution >= 0.6 is 0 Å². The number of hydrogen-bond acceptors (Lipinski definition) is 3. The second kappa shape index (κ2) is 6.01. The number of hydrogen-bond donors (Lipinski definition) is 1. The van der Waals surface area contributed by atoms with Crippen LogP contribution in [0.5, 0.6) is 0 Å². The number of methoxy groups -OCH3 is 1. The maximum absolute atomic E-state index is 11.5. The maximum atomic E-state index is 11.5. The van der Waals surface area contributed by atoms with Crippen molar-refractivity contribution < 1.29 is 9.53 Å². The van der Waals surface area contributed by atoms with Gasteiger partial charge in [0.15, 0.2) is 0 Å². The van der Waals surface area contributed by atoms with E-state index >= 15 is 0 Å². The second-order valence-corrected chi connectivity index (χ2v) is 5.22. The largest absolute Gasteiger partial charge is 0.468 e. The SMILES string of the molecule is COC(=O)C(C)(C)NCCc1ccc(C)cc1C. The molecule has 1 rings (SSSR count). The van der Waals surface area contributed by atoms with Gasteiger partial charge in [0.05, 0.1) is 7.11 Å². The van der Waals surface area contributed by atoms with Crippen LogP contribution in [0.2, 0.25) is 0 Å². The Hall–Kier alpha value is -1.35. The van der Waals surface area contributed by atoms with Gasteiger partial charge < -0.3 is 10.1 Å². The van der Waals surface area contributed by atoms with Crippen LogP contribution in [0.4, 0.5) is 0 Å². The Balaban J connectivity index is 2.54. The smallest absolute Gasteiger partial charge is 0.325 e. The molecule has 0 heterocycles.